The summed E-state index contributed by atoms with van der Waals surface area (Å²) in [4.78, 5) is 28.5. The Hall–Kier alpha value is -3.56. The summed E-state index contributed by atoms with van der Waals surface area (Å²) in [5.41, 5.74) is 1.68. The van der Waals surface area contributed by atoms with Crippen LogP contribution in [0.1, 0.15) is 43.1 Å². The molecule has 0 fully saturated rings. The van der Waals surface area contributed by atoms with E-state index in [0.717, 1.165) is 10.9 Å². The molecule has 10 heteroatoms. The van der Waals surface area contributed by atoms with Gasteiger partial charge >= 0.3 is 0 Å². The van der Waals surface area contributed by atoms with E-state index in [0.29, 0.717) is 38.6 Å². The maximum Gasteiger partial charge on any atom is 0.282 e. The standard InChI is InChI=1S/C26H22BrClN4O4/c1-3-16(2)25-30-23-9-8-19(27)13-21(23)26(33)31(25)29-14-17-7-10-24(22(28)12-17)36-15-18-5-4-6-20(11-18)32(34)35/h4-14,16H,3,15H2,1-2H3/t16-/m1/s1. The first-order valence-electron chi connectivity index (χ1n) is 11.2. The van der Waals surface area contributed by atoms with Crippen molar-refractivity contribution in [2.24, 2.45) is 5.10 Å². The number of nitro groups is 1. The molecular formula is C26H22BrClN4O4. The molecule has 0 aliphatic heterocycles. The molecule has 0 spiro atoms. The van der Waals surface area contributed by atoms with Crippen LogP contribution >= 0.6 is 27.5 Å². The fourth-order valence-electron chi connectivity index (χ4n) is 3.54. The second-order valence-electron chi connectivity index (χ2n) is 8.21. The Balaban J connectivity index is 1.60. The molecule has 0 aliphatic carbocycles. The third-order valence-corrected chi connectivity index (χ3v) is 6.47. The SMILES string of the molecule is CC[C@@H](C)c1nc2ccc(Br)cc2c(=O)n1N=Cc1ccc(OCc2cccc([N+](=O)[O-])c2)c(Cl)c1. The van der Waals surface area contributed by atoms with E-state index in [1.807, 2.05) is 26.0 Å². The average molecular weight is 570 g/mol. The summed E-state index contributed by atoms with van der Waals surface area (Å²) in [7, 11) is 0. The van der Waals surface area contributed by atoms with Gasteiger partial charge < -0.3 is 4.74 Å². The number of ether oxygens (including phenoxy) is 1. The van der Waals surface area contributed by atoms with Crippen LogP contribution in [0.4, 0.5) is 5.69 Å². The highest BCUT2D eigenvalue weighted by molar-refractivity contribution is 9.10. The second kappa shape index (κ2) is 11.0. The Morgan fingerprint density at radius 3 is 2.75 bits per heavy atom. The van der Waals surface area contributed by atoms with Gasteiger partial charge in [0.05, 0.1) is 27.1 Å². The number of hydrogen-bond donors (Lipinski definition) is 0. The van der Waals surface area contributed by atoms with Gasteiger partial charge in [0.25, 0.3) is 11.2 Å². The predicted octanol–water partition coefficient (Wildman–Crippen LogP) is 6.70. The molecule has 0 radical (unpaired) electrons. The highest BCUT2D eigenvalue weighted by Gasteiger charge is 2.16. The Kier molecular flexibility index (Phi) is 7.81. The fourth-order valence-corrected chi connectivity index (χ4v) is 4.14. The van der Waals surface area contributed by atoms with E-state index in [1.54, 1.807) is 42.6 Å². The number of hydrogen-bond acceptors (Lipinski definition) is 6. The number of nitrogens with zero attached hydrogens (tertiary/aromatic N) is 4. The van der Waals surface area contributed by atoms with Crippen molar-refractivity contribution >= 4 is 50.3 Å². The van der Waals surface area contributed by atoms with E-state index < -0.39 is 4.92 Å². The zero-order chi connectivity index (χ0) is 25.8. The largest absolute Gasteiger partial charge is 0.487 e. The highest BCUT2D eigenvalue weighted by atomic mass is 79.9. The van der Waals surface area contributed by atoms with Gasteiger partial charge in [0.1, 0.15) is 18.2 Å². The van der Waals surface area contributed by atoms with Crippen molar-refractivity contribution in [2.75, 3.05) is 0 Å². The van der Waals surface area contributed by atoms with Crippen LogP contribution in [0.2, 0.25) is 5.02 Å². The van der Waals surface area contributed by atoms with Crippen molar-refractivity contribution < 1.29 is 9.66 Å². The second-order valence-corrected chi connectivity index (χ2v) is 9.53. The normalized spacial score (nSPS) is 12.2. The van der Waals surface area contributed by atoms with E-state index >= 15 is 0 Å². The van der Waals surface area contributed by atoms with Gasteiger partial charge in [-0.05, 0) is 53.9 Å². The maximum absolute atomic E-state index is 13.3. The van der Waals surface area contributed by atoms with E-state index in [-0.39, 0.29) is 23.8 Å². The molecule has 0 bridgehead atoms. The van der Waals surface area contributed by atoms with Gasteiger partial charge in [0, 0.05) is 22.5 Å². The summed E-state index contributed by atoms with van der Waals surface area (Å²) in [5.74, 6) is 1.03. The number of benzene rings is 3. The van der Waals surface area contributed by atoms with E-state index in [1.165, 1.54) is 16.8 Å². The first-order valence-corrected chi connectivity index (χ1v) is 12.4. The van der Waals surface area contributed by atoms with Crippen molar-refractivity contribution in [1.82, 2.24) is 9.66 Å². The van der Waals surface area contributed by atoms with Crippen LogP contribution in [-0.4, -0.2) is 20.8 Å². The summed E-state index contributed by atoms with van der Waals surface area (Å²) >= 11 is 9.82. The lowest BCUT2D eigenvalue weighted by molar-refractivity contribution is -0.384. The molecule has 0 N–H and O–H groups in total. The van der Waals surface area contributed by atoms with Gasteiger partial charge in [-0.3, -0.25) is 14.9 Å². The first-order chi connectivity index (χ1) is 17.3. The summed E-state index contributed by atoms with van der Waals surface area (Å²) in [6.07, 6.45) is 2.35. The molecule has 36 heavy (non-hydrogen) atoms. The number of rotatable bonds is 8. The molecule has 0 saturated heterocycles. The van der Waals surface area contributed by atoms with E-state index in [2.05, 4.69) is 21.0 Å². The smallest absolute Gasteiger partial charge is 0.282 e. The molecule has 8 nitrogen and oxygen atoms in total. The van der Waals surface area contributed by atoms with Crippen LogP contribution in [0.25, 0.3) is 10.9 Å². The van der Waals surface area contributed by atoms with Crippen molar-refractivity contribution in [3.05, 3.63) is 108 Å². The molecule has 3 aromatic carbocycles. The molecule has 4 rings (SSSR count). The predicted molar refractivity (Wildman–Crippen MR) is 144 cm³/mol. The van der Waals surface area contributed by atoms with E-state index in [4.69, 9.17) is 21.3 Å². The first kappa shape index (κ1) is 25.5. The quantitative estimate of drug-likeness (QED) is 0.134. The summed E-state index contributed by atoms with van der Waals surface area (Å²) in [6, 6.07) is 16.8. The Bertz CT molecular complexity index is 1540. The molecule has 184 valence electrons. The lowest BCUT2D eigenvalue weighted by atomic mass is 10.1. The molecule has 0 saturated carbocycles. The van der Waals surface area contributed by atoms with Gasteiger partial charge in [-0.1, -0.05) is 53.5 Å². The van der Waals surface area contributed by atoms with Gasteiger partial charge in [-0.2, -0.15) is 9.78 Å². The third-order valence-electron chi connectivity index (χ3n) is 5.68. The number of aromatic nitrogens is 2. The number of nitro benzene ring substituents is 1. The Morgan fingerprint density at radius 1 is 1.22 bits per heavy atom. The zero-order valence-corrected chi connectivity index (χ0v) is 21.9. The van der Waals surface area contributed by atoms with Crippen LogP contribution in [0.3, 0.4) is 0 Å². The van der Waals surface area contributed by atoms with Gasteiger partial charge in [-0.25, -0.2) is 4.98 Å². The minimum absolute atomic E-state index is 0.00343. The van der Waals surface area contributed by atoms with Crippen LogP contribution < -0.4 is 10.3 Å². The number of halogens is 2. The zero-order valence-electron chi connectivity index (χ0n) is 19.5. The summed E-state index contributed by atoms with van der Waals surface area (Å²) in [6.45, 7) is 4.16. The molecule has 0 amide bonds. The van der Waals surface area contributed by atoms with Crippen LogP contribution in [0, 0.1) is 10.1 Å². The molecule has 1 atom stereocenters. The molecule has 0 aliphatic rings. The lowest BCUT2D eigenvalue weighted by Crippen LogP contribution is -2.23. The minimum atomic E-state index is -0.452. The van der Waals surface area contributed by atoms with Crippen molar-refractivity contribution in [2.45, 2.75) is 32.8 Å². The van der Waals surface area contributed by atoms with Crippen LogP contribution in [-0.2, 0) is 6.61 Å². The monoisotopic (exact) mass is 568 g/mol. The minimum Gasteiger partial charge on any atom is -0.487 e. The molecular weight excluding hydrogens is 548 g/mol. The van der Waals surface area contributed by atoms with Crippen LogP contribution in [0.5, 0.6) is 5.75 Å². The third kappa shape index (κ3) is 5.63. The molecule has 0 unspecified atom stereocenters. The molecule has 1 heterocycles. The van der Waals surface area contributed by atoms with Crippen molar-refractivity contribution in [1.29, 1.82) is 0 Å². The van der Waals surface area contributed by atoms with Crippen molar-refractivity contribution in [3.63, 3.8) is 0 Å². The Morgan fingerprint density at radius 2 is 2.03 bits per heavy atom. The summed E-state index contributed by atoms with van der Waals surface area (Å²) < 4.78 is 7.87. The summed E-state index contributed by atoms with van der Waals surface area (Å²) in [5, 5.41) is 16.2. The fraction of sp³-hybridized carbons (Fsp3) is 0.192. The van der Waals surface area contributed by atoms with Gasteiger partial charge in [-0.15, -0.1) is 0 Å². The average Bonchev–Trinajstić information content (AvgIpc) is 2.87. The molecule has 1 aromatic heterocycles. The molecule has 4 aromatic rings. The Labute approximate surface area is 220 Å². The highest BCUT2D eigenvalue weighted by Crippen LogP contribution is 2.27. The van der Waals surface area contributed by atoms with E-state index in [9.17, 15) is 14.9 Å². The van der Waals surface area contributed by atoms with Gasteiger partial charge in [0.15, 0.2) is 0 Å². The van der Waals surface area contributed by atoms with Crippen LogP contribution in [0.15, 0.2) is 75.0 Å². The van der Waals surface area contributed by atoms with Gasteiger partial charge in [0.2, 0.25) is 0 Å². The number of non-ortho nitro benzene ring substituents is 1. The topological polar surface area (TPSA) is 99.6 Å². The number of fused-ring (bicyclic) bond motifs is 1. The maximum atomic E-state index is 13.3. The van der Waals surface area contributed by atoms with Crippen molar-refractivity contribution in [3.8, 4) is 5.75 Å². The lowest BCUT2D eigenvalue weighted by Gasteiger charge is -2.14.